The van der Waals surface area contributed by atoms with Gasteiger partial charge < -0.3 is 19.9 Å². The minimum Gasteiger partial charge on any atom is -0.493 e. The first kappa shape index (κ1) is 13.4. The summed E-state index contributed by atoms with van der Waals surface area (Å²) in [4.78, 5) is 11.5. The van der Waals surface area contributed by atoms with Crippen LogP contribution in [0.5, 0.6) is 11.5 Å². The van der Waals surface area contributed by atoms with Gasteiger partial charge in [-0.1, -0.05) is 12.6 Å². The van der Waals surface area contributed by atoms with Gasteiger partial charge in [0, 0.05) is 0 Å². The molecule has 1 fully saturated rings. The fourth-order valence-corrected chi connectivity index (χ4v) is 2.27. The van der Waals surface area contributed by atoms with E-state index < -0.39 is 17.9 Å². The van der Waals surface area contributed by atoms with Gasteiger partial charge in [0.1, 0.15) is 0 Å². The highest BCUT2D eigenvalue weighted by Crippen LogP contribution is 2.40. The lowest BCUT2D eigenvalue weighted by atomic mass is 9.92. The van der Waals surface area contributed by atoms with Crippen LogP contribution in [-0.4, -0.2) is 26.7 Å². The van der Waals surface area contributed by atoms with Crippen molar-refractivity contribution in [1.82, 2.24) is 0 Å². The third-order valence-corrected chi connectivity index (χ3v) is 3.23. The number of benzene rings is 1. The molecule has 0 aromatic heterocycles. The fraction of sp³-hybridized carbons (Fsp3) is 0.357. The van der Waals surface area contributed by atoms with Gasteiger partial charge >= 0.3 is 0 Å². The fourth-order valence-electron chi connectivity index (χ4n) is 2.27. The number of ether oxygens (including phenoxy) is 3. The molecular weight excluding hydrogens is 246 g/mol. The quantitative estimate of drug-likeness (QED) is 0.834. The van der Waals surface area contributed by atoms with E-state index in [1.807, 2.05) is 6.07 Å². The molecule has 1 aromatic carbocycles. The molecule has 2 N–H and O–H groups in total. The number of hydrogen-bond acceptors (Lipinski definition) is 4. The Hall–Kier alpha value is -2.01. The third-order valence-electron chi connectivity index (χ3n) is 3.23. The van der Waals surface area contributed by atoms with E-state index in [2.05, 4.69) is 6.58 Å². The van der Waals surface area contributed by atoms with Gasteiger partial charge in [-0.05, 0) is 23.3 Å². The minimum absolute atomic E-state index is 0.340. The van der Waals surface area contributed by atoms with Crippen LogP contribution in [0.2, 0.25) is 0 Å². The largest absolute Gasteiger partial charge is 0.493 e. The summed E-state index contributed by atoms with van der Waals surface area (Å²) in [6, 6.07) is 5.40. The van der Waals surface area contributed by atoms with Crippen LogP contribution in [0.1, 0.15) is 11.7 Å². The van der Waals surface area contributed by atoms with Gasteiger partial charge in [-0.15, -0.1) is 0 Å². The SMILES string of the molecule is C=C1CO[C@@H](c2ccc(OC)c(OC)c2)[C@@H]1C(N)=O. The molecule has 19 heavy (non-hydrogen) atoms. The van der Waals surface area contributed by atoms with Crippen molar-refractivity contribution in [3.63, 3.8) is 0 Å². The molecule has 1 aromatic rings. The molecule has 5 nitrogen and oxygen atoms in total. The van der Waals surface area contributed by atoms with Crippen LogP contribution in [0.25, 0.3) is 0 Å². The maximum absolute atomic E-state index is 11.5. The molecule has 2 atom stereocenters. The van der Waals surface area contributed by atoms with E-state index in [9.17, 15) is 4.79 Å². The summed E-state index contributed by atoms with van der Waals surface area (Å²) in [5, 5.41) is 0. The molecule has 1 heterocycles. The van der Waals surface area contributed by atoms with E-state index >= 15 is 0 Å². The van der Waals surface area contributed by atoms with Crippen LogP contribution in [0.3, 0.4) is 0 Å². The highest BCUT2D eigenvalue weighted by Gasteiger charge is 2.37. The predicted octanol–water partition coefficient (Wildman–Crippen LogP) is 1.43. The Bertz CT molecular complexity index is 512. The second-order valence-corrected chi connectivity index (χ2v) is 4.38. The summed E-state index contributed by atoms with van der Waals surface area (Å²) in [5.41, 5.74) is 6.93. The number of nitrogens with two attached hydrogens (primary N) is 1. The zero-order valence-corrected chi connectivity index (χ0v) is 11.0. The highest BCUT2D eigenvalue weighted by atomic mass is 16.5. The lowest BCUT2D eigenvalue weighted by molar-refractivity contribution is -0.122. The molecule has 0 aliphatic carbocycles. The van der Waals surface area contributed by atoms with Crippen molar-refractivity contribution < 1.29 is 19.0 Å². The highest BCUT2D eigenvalue weighted by molar-refractivity contribution is 5.81. The summed E-state index contributed by atoms with van der Waals surface area (Å²) in [5.74, 6) is 0.281. The first-order chi connectivity index (χ1) is 9.08. The zero-order chi connectivity index (χ0) is 14.0. The third kappa shape index (κ3) is 2.42. The number of hydrogen-bond donors (Lipinski definition) is 1. The van der Waals surface area contributed by atoms with Crippen LogP contribution in [-0.2, 0) is 9.53 Å². The molecule has 0 saturated carbocycles. The average Bonchev–Trinajstić information content (AvgIpc) is 2.79. The monoisotopic (exact) mass is 263 g/mol. The molecule has 102 valence electrons. The molecule has 1 saturated heterocycles. The topological polar surface area (TPSA) is 70.8 Å². The maximum atomic E-state index is 11.5. The Morgan fingerprint density at radius 2 is 2.05 bits per heavy atom. The number of carbonyl (C=O) groups excluding carboxylic acids is 1. The molecule has 0 bridgehead atoms. The van der Waals surface area contributed by atoms with E-state index in [1.54, 1.807) is 26.4 Å². The summed E-state index contributed by atoms with van der Waals surface area (Å²) >= 11 is 0. The number of primary amides is 1. The van der Waals surface area contributed by atoms with Gasteiger partial charge in [0.05, 0.1) is 32.8 Å². The Balaban J connectivity index is 2.36. The van der Waals surface area contributed by atoms with E-state index in [1.165, 1.54) is 0 Å². The molecule has 5 heteroatoms. The molecule has 0 spiro atoms. The molecular formula is C14H17NO4. The van der Waals surface area contributed by atoms with Crippen molar-refractivity contribution in [2.75, 3.05) is 20.8 Å². The molecule has 1 aliphatic rings. The van der Waals surface area contributed by atoms with Gasteiger partial charge in [-0.25, -0.2) is 0 Å². The summed E-state index contributed by atoms with van der Waals surface area (Å²) in [6.07, 6.45) is -0.412. The van der Waals surface area contributed by atoms with Crippen molar-refractivity contribution in [3.8, 4) is 11.5 Å². The number of rotatable bonds is 4. The summed E-state index contributed by atoms with van der Waals surface area (Å²) in [7, 11) is 3.12. The van der Waals surface area contributed by atoms with Crippen molar-refractivity contribution in [2.24, 2.45) is 11.7 Å². The van der Waals surface area contributed by atoms with Gasteiger partial charge in [0.25, 0.3) is 0 Å². The predicted molar refractivity (Wildman–Crippen MR) is 70.1 cm³/mol. The van der Waals surface area contributed by atoms with Crippen molar-refractivity contribution in [2.45, 2.75) is 6.10 Å². The first-order valence-electron chi connectivity index (χ1n) is 5.89. The number of methoxy groups -OCH3 is 2. The van der Waals surface area contributed by atoms with E-state index in [0.717, 1.165) is 5.56 Å². The normalized spacial score (nSPS) is 22.3. The Kier molecular flexibility index (Phi) is 3.76. The van der Waals surface area contributed by atoms with Gasteiger partial charge in [0.2, 0.25) is 5.91 Å². The molecule has 0 radical (unpaired) electrons. The lowest BCUT2D eigenvalue weighted by Crippen LogP contribution is -2.26. The van der Waals surface area contributed by atoms with Gasteiger partial charge in [-0.3, -0.25) is 4.79 Å². The first-order valence-corrected chi connectivity index (χ1v) is 5.89. The van der Waals surface area contributed by atoms with Crippen LogP contribution in [0.15, 0.2) is 30.4 Å². The van der Waals surface area contributed by atoms with Crippen LogP contribution in [0, 0.1) is 5.92 Å². The van der Waals surface area contributed by atoms with Gasteiger partial charge in [0.15, 0.2) is 11.5 Å². The molecule has 1 aliphatic heterocycles. The van der Waals surface area contributed by atoms with E-state index in [-0.39, 0.29) is 0 Å². The molecule has 2 rings (SSSR count). The number of carbonyl (C=O) groups is 1. The van der Waals surface area contributed by atoms with E-state index in [0.29, 0.717) is 23.7 Å². The van der Waals surface area contributed by atoms with E-state index in [4.69, 9.17) is 19.9 Å². The second-order valence-electron chi connectivity index (χ2n) is 4.38. The number of amides is 1. The average molecular weight is 263 g/mol. The molecule has 0 unspecified atom stereocenters. The van der Waals surface area contributed by atoms with Crippen LogP contribution < -0.4 is 15.2 Å². The Morgan fingerprint density at radius 3 is 2.63 bits per heavy atom. The van der Waals surface area contributed by atoms with Crippen molar-refractivity contribution in [3.05, 3.63) is 35.9 Å². The second kappa shape index (κ2) is 5.32. The standard InChI is InChI=1S/C14H17NO4/c1-8-7-19-13(12(8)14(15)16)9-4-5-10(17-2)11(6-9)18-3/h4-6,12-13H,1,7H2,2-3H3,(H2,15,16)/t12-,13+/m1/s1. The van der Waals surface area contributed by atoms with Crippen LogP contribution >= 0.6 is 0 Å². The minimum atomic E-state index is -0.502. The summed E-state index contributed by atoms with van der Waals surface area (Å²) in [6.45, 7) is 4.17. The zero-order valence-electron chi connectivity index (χ0n) is 11.0. The smallest absolute Gasteiger partial charge is 0.227 e. The maximum Gasteiger partial charge on any atom is 0.227 e. The van der Waals surface area contributed by atoms with Crippen molar-refractivity contribution in [1.29, 1.82) is 0 Å². The molecule has 1 amide bonds. The van der Waals surface area contributed by atoms with Crippen LogP contribution in [0.4, 0.5) is 0 Å². The van der Waals surface area contributed by atoms with Gasteiger partial charge in [-0.2, -0.15) is 0 Å². The Morgan fingerprint density at radius 1 is 1.37 bits per heavy atom. The van der Waals surface area contributed by atoms with Crippen molar-refractivity contribution >= 4 is 5.91 Å². The summed E-state index contributed by atoms with van der Waals surface area (Å²) < 4.78 is 16.0. The Labute approximate surface area is 111 Å². The lowest BCUT2D eigenvalue weighted by Gasteiger charge is -2.18.